The first-order chi connectivity index (χ1) is 16.1. The van der Waals surface area contributed by atoms with E-state index in [9.17, 15) is 9.59 Å². The molecule has 0 bridgehead atoms. The number of ether oxygens (including phenoxy) is 3. The molecule has 0 fully saturated rings. The summed E-state index contributed by atoms with van der Waals surface area (Å²) in [7, 11) is 0. The van der Waals surface area contributed by atoms with E-state index in [4.69, 9.17) is 19.5 Å². The summed E-state index contributed by atoms with van der Waals surface area (Å²) in [6.45, 7) is 4.14. The van der Waals surface area contributed by atoms with Crippen molar-refractivity contribution in [1.29, 1.82) is 5.26 Å². The number of carbonyl (C=O) groups is 2. The standard InChI is InChI=1S/C27H23NO5/c1-2-26(29)32-18-4-3-17-31-24-13-11-23(12-14-24)27(30)33-25-15-9-22(10-16-25)21-7-5-20(19-28)6-8-21/h2,5-16H,1,3-4,17-18H2. The first-order valence-corrected chi connectivity index (χ1v) is 10.4. The van der Waals surface area contributed by atoms with Gasteiger partial charge in [-0.05, 0) is 72.5 Å². The van der Waals surface area contributed by atoms with Crippen molar-refractivity contribution >= 4 is 11.9 Å². The monoisotopic (exact) mass is 441 g/mol. The Hall–Kier alpha value is -4.37. The van der Waals surface area contributed by atoms with Crippen LogP contribution < -0.4 is 9.47 Å². The zero-order valence-electron chi connectivity index (χ0n) is 18.0. The zero-order valence-corrected chi connectivity index (χ0v) is 18.0. The molecule has 0 spiro atoms. The maximum Gasteiger partial charge on any atom is 0.343 e. The molecule has 0 heterocycles. The van der Waals surface area contributed by atoms with Gasteiger partial charge in [0.1, 0.15) is 11.5 Å². The fourth-order valence-electron chi connectivity index (χ4n) is 2.93. The van der Waals surface area contributed by atoms with Gasteiger partial charge in [-0.3, -0.25) is 0 Å². The molecule has 0 N–H and O–H groups in total. The predicted molar refractivity (Wildman–Crippen MR) is 124 cm³/mol. The third-order valence-electron chi connectivity index (χ3n) is 4.72. The fourth-order valence-corrected chi connectivity index (χ4v) is 2.93. The Morgan fingerprint density at radius 3 is 2.00 bits per heavy atom. The molecule has 0 radical (unpaired) electrons. The van der Waals surface area contributed by atoms with Gasteiger partial charge >= 0.3 is 11.9 Å². The van der Waals surface area contributed by atoms with Crippen molar-refractivity contribution in [2.75, 3.05) is 13.2 Å². The summed E-state index contributed by atoms with van der Waals surface area (Å²) in [5.41, 5.74) is 2.95. The number of hydrogen-bond acceptors (Lipinski definition) is 6. The van der Waals surface area contributed by atoms with E-state index in [1.165, 1.54) is 0 Å². The number of benzene rings is 3. The molecule has 0 aliphatic rings. The van der Waals surface area contributed by atoms with E-state index in [0.717, 1.165) is 23.6 Å². The highest BCUT2D eigenvalue weighted by atomic mass is 16.5. The van der Waals surface area contributed by atoms with Crippen LogP contribution in [0.2, 0.25) is 0 Å². The minimum absolute atomic E-state index is 0.327. The van der Waals surface area contributed by atoms with Gasteiger partial charge in [-0.15, -0.1) is 0 Å². The van der Waals surface area contributed by atoms with Gasteiger partial charge < -0.3 is 14.2 Å². The van der Waals surface area contributed by atoms with Gasteiger partial charge in [-0.2, -0.15) is 5.26 Å². The number of rotatable bonds is 10. The molecule has 33 heavy (non-hydrogen) atoms. The second kappa shape index (κ2) is 11.9. The lowest BCUT2D eigenvalue weighted by Gasteiger charge is -2.08. The normalized spacial score (nSPS) is 10.0. The minimum atomic E-state index is -0.461. The molecule has 0 unspecified atom stereocenters. The van der Waals surface area contributed by atoms with Crippen LogP contribution in [0, 0.1) is 11.3 Å². The lowest BCUT2D eigenvalue weighted by Crippen LogP contribution is -2.08. The van der Waals surface area contributed by atoms with Crippen molar-refractivity contribution in [3.63, 3.8) is 0 Å². The molecule has 6 nitrogen and oxygen atoms in total. The summed E-state index contributed by atoms with van der Waals surface area (Å²) in [4.78, 5) is 23.4. The molecule has 6 heteroatoms. The van der Waals surface area contributed by atoms with E-state index < -0.39 is 11.9 Å². The molecule has 3 rings (SSSR count). The van der Waals surface area contributed by atoms with Crippen molar-refractivity contribution in [2.24, 2.45) is 0 Å². The molecule has 0 amide bonds. The molecule has 0 aliphatic carbocycles. The number of nitriles is 1. The van der Waals surface area contributed by atoms with E-state index in [1.54, 1.807) is 48.5 Å². The summed E-state index contributed by atoms with van der Waals surface area (Å²) in [5, 5.41) is 8.90. The van der Waals surface area contributed by atoms with Crippen molar-refractivity contribution in [1.82, 2.24) is 0 Å². The van der Waals surface area contributed by atoms with E-state index in [0.29, 0.717) is 42.3 Å². The largest absolute Gasteiger partial charge is 0.494 e. The Morgan fingerprint density at radius 1 is 0.818 bits per heavy atom. The Morgan fingerprint density at radius 2 is 1.39 bits per heavy atom. The average molecular weight is 441 g/mol. The molecular weight excluding hydrogens is 418 g/mol. The summed E-state index contributed by atoms with van der Waals surface area (Å²) >= 11 is 0. The topological polar surface area (TPSA) is 85.6 Å². The van der Waals surface area contributed by atoms with E-state index >= 15 is 0 Å². The van der Waals surface area contributed by atoms with Crippen LogP contribution in [0.1, 0.15) is 28.8 Å². The third-order valence-corrected chi connectivity index (χ3v) is 4.72. The maximum atomic E-state index is 12.4. The van der Waals surface area contributed by atoms with Crippen LogP contribution in [0.4, 0.5) is 0 Å². The highest BCUT2D eigenvalue weighted by Gasteiger charge is 2.09. The lowest BCUT2D eigenvalue weighted by atomic mass is 10.0. The van der Waals surface area contributed by atoms with Crippen LogP contribution in [0.5, 0.6) is 11.5 Å². The summed E-state index contributed by atoms with van der Waals surface area (Å²) in [6.07, 6.45) is 2.55. The molecule has 0 atom stereocenters. The molecule has 0 aliphatic heterocycles. The first kappa shape index (κ1) is 23.3. The summed E-state index contributed by atoms with van der Waals surface area (Å²) in [6, 6.07) is 23.3. The Kier molecular flexibility index (Phi) is 8.38. The van der Waals surface area contributed by atoms with Gasteiger partial charge in [-0.1, -0.05) is 30.8 Å². The van der Waals surface area contributed by atoms with Gasteiger partial charge in [0.2, 0.25) is 0 Å². The second-order valence-corrected chi connectivity index (χ2v) is 7.05. The van der Waals surface area contributed by atoms with Crippen molar-refractivity contribution in [2.45, 2.75) is 12.8 Å². The van der Waals surface area contributed by atoms with E-state index in [2.05, 4.69) is 12.6 Å². The van der Waals surface area contributed by atoms with Crippen LogP contribution in [0.25, 0.3) is 11.1 Å². The van der Waals surface area contributed by atoms with Gasteiger partial charge in [-0.25, -0.2) is 9.59 Å². The zero-order chi connectivity index (χ0) is 23.5. The lowest BCUT2D eigenvalue weighted by molar-refractivity contribution is -0.137. The molecule has 166 valence electrons. The quantitative estimate of drug-likeness (QED) is 0.183. The average Bonchev–Trinajstić information content (AvgIpc) is 2.86. The molecular formula is C27H23NO5. The number of nitrogens with zero attached hydrogens (tertiary/aromatic N) is 1. The van der Waals surface area contributed by atoms with Crippen LogP contribution in [-0.2, 0) is 9.53 Å². The van der Waals surface area contributed by atoms with Crippen molar-refractivity contribution in [3.05, 3.63) is 96.6 Å². The van der Waals surface area contributed by atoms with Crippen LogP contribution in [-0.4, -0.2) is 25.2 Å². The number of hydrogen-bond donors (Lipinski definition) is 0. The Balaban J connectivity index is 1.46. The van der Waals surface area contributed by atoms with Crippen LogP contribution in [0.15, 0.2) is 85.5 Å². The van der Waals surface area contributed by atoms with E-state index in [1.807, 2.05) is 24.3 Å². The summed E-state index contributed by atoms with van der Waals surface area (Å²) in [5.74, 6) is 0.189. The smallest absolute Gasteiger partial charge is 0.343 e. The second-order valence-electron chi connectivity index (χ2n) is 7.05. The highest BCUT2D eigenvalue weighted by Crippen LogP contribution is 2.23. The SMILES string of the molecule is C=CC(=O)OCCCCOc1ccc(C(=O)Oc2ccc(-c3ccc(C#N)cc3)cc2)cc1. The molecule has 0 saturated carbocycles. The summed E-state index contributed by atoms with van der Waals surface area (Å²) < 4.78 is 16.0. The van der Waals surface area contributed by atoms with Gasteiger partial charge in [0.05, 0.1) is 30.4 Å². The van der Waals surface area contributed by atoms with E-state index in [-0.39, 0.29) is 0 Å². The first-order valence-electron chi connectivity index (χ1n) is 10.4. The predicted octanol–water partition coefficient (Wildman–Crippen LogP) is 5.33. The fraction of sp³-hybridized carbons (Fsp3) is 0.148. The Bertz CT molecular complexity index is 1130. The molecule has 3 aromatic carbocycles. The molecule has 3 aromatic rings. The Labute approximate surface area is 192 Å². The highest BCUT2D eigenvalue weighted by molar-refractivity contribution is 5.91. The van der Waals surface area contributed by atoms with Crippen molar-refractivity contribution < 1.29 is 23.8 Å². The number of unbranched alkanes of at least 4 members (excludes halogenated alkanes) is 1. The van der Waals surface area contributed by atoms with Gasteiger partial charge in [0, 0.05) is 6.08 Å². The van der Waals surface area contributed by atoms with Gasteiger partial charge in [0.25, 0.3) is 0 Å². The molecule has 0 saturated heterocycles. The van der Waals surface area contributed by atoms with Crippen LogP contribution >= 0.6 is 0 Å². The minimum Gasteiger partial charge on any atom is -0.494 e. The number of carbonyl (C=O) groups excluding carboxylic acids is 2. The number of esters is 2. The van der Waals surface area contributed by atoms with Crippen molar-refractivity contribution in [3.8, 4) is 28.7 Å². The maximum absolute atomic E-state index is 12.4. The third kappa shape index (κ3) is 7.08. The van der Waals surface area contributed by atoms with Gasteiger partial charge in [0.15, 0.2) is 0 Å². The van der Waals surface area contributed by atoms with Crippen LogP contribution in [0.3, 0.4) is 0 Å². The molecule has 0 aromatic heterocycles.